The number of hydrogen-bond acceptors (Lipinski definition) is 2. The molecule has 0 aliphatic heterocycles. The van der Waals surface area contributed by atoms with Crippen LogP contribution in [0.15, 0.2) is 65.3 Å². The maximum atomic E-state index is 4.54. The highest BCUT2D eigenvalue weighted by Crippen LogP contribution is 2.25. The Morgan fingerprint density at radius 2 is 1.86 bits per heavy atom. The topological polar surface area (TPSA) is 24.9 Å². The SMILES string of the molecule is CCNC(c1ccc2ccccc2c1)c1ccc(Br)cn1. The Morgan fingerprint density at radius 1 is 1.05 bits per heavy atom. The number of rotatable bonds is 4. The van der Waals surface area contributed by atoms with Gasteiger partial charge in [0, 0.05) is 10.7 Å². The summed E-state index contributed by atoms with van der Waals surface area (Å²) in [5.41, 5.74) is 2.28. The zero-order chi connectivity index (χ0) is 14.7. The van der Waals surface area contributed by atoms with Crippen LogP contribution in [0.3, 0.4) is 0 Å². The third-order valence-corrected chi connectivity index (χ3v) is 4.03. The van der Waals surface area contributed by atoms with E-state index in [0.717, 1.165) is 16.7 Å². The van der Waals surface area contributed by atoms with Gasteiger partial charge in [-0.2, -0.15) is 0 Å². The van der Waals surface area contributed by atoms with Crippen molar-refractivity contribution in [3.8, 4) is 0 Å². The number of nitrogens with one attached hydrogen (secondary N) is 1. The average Bonchev–Trinajstić information content (AvgIpc) is 2.53. The molecule has 21 heavy (non-hydrogen) atoms. The molecule has 3 rings (SSSR count). The summed E-state index contributed by atoms with van der Waals surface area (Å²) in [5, 5.41) is 6.04. The van der Waals surface area contributed by atoms with Gasteiger partial charge in [-0.05, 0) is 57.0 Å². The molecule has 0 spiro atoms. The van der Waals surface area contributed by atoms with E-state index in [4.69, 9.17) is 0 Å². The van der Waals surface area contributed by atoms with Crippen LogP contribution in [0.25, 0.3) is 10.8 Å². The fraction of sp³-hybridized carbons (Fsp3) is 0.167. The molecule has 1 unspecified atom stereocenters. The van der Waals surface area contributed by atoms with E-state index < -0.39 is 0 Å². The average molecular weight is 341 g/mol. The van der Waals surface area contributed by atoms with Gasteiger partial charge in [0.15, 0.2) is 0 Å². The minimum atomic E-state index is 0.118. The van der Waals surface area contributed by atoms with Gasteiger partial charge in [-0.25, -0.2) is 0 Å². The van der Waals surface area contributed by atoms with Crippen LogP contribution in [-0.2, 0) is 0 Å². The van der Waals surface area contributed by atoms with Gasteiger partial charge >= 0.3 is 0 Å². The van der Waals surface area contributed by atoms with E-state index in [1.165, 1.54) is 16.3 Å². The number of fused-ring (bicyclic) bond motifs is 1. The largest absolute Gasteiger partial charge is 0.305 e. The second kappa shape index (κ2) is 6.37. The van der Waals surface area contributed by atoms with Crippen LogP contribution in [0.5, 0.6) is 0 Å². The van der Waals surface area contributed by atoms with Crippen LogP contribution < -0.4 is 5.32 Å². The van der Waals surface area contributed by atoms with Gasteiger partial charge in [0.05, 0.1) is 11.7 Å². The van der Waals surface area contributed by atoms with Crippen molar-refractivity contribution in [3.05, 3.63) is 76.5 Å². The lowest BCUT2D eigenvalue weighted by atomic mass is 9.99. The third-order valence-electron chi connectivity index (χ3n) is 3.56. The van der Waals surface area contributed by atoms with Crippen LogP contribution in [0.2, 0.25) is 0 Å². The maximum absolute atomic E-state index is 4.54. The predicted molar refractivity (Wildman–Crippen MR) is 91.4 cm³/mol. The Morgan fingerprint density at radius 3 is 2.57 bits per heavy atom. The Balaban J connectivity index is 2.04. The van der Waals surface area contributed by atoms with Crippen molar-refractivity contribution in [3.63, 3.8) is 0 Å². The fourth-order valence-corrected chi connectivity index (χ4v) is 2.78. The summed E-state index contributed by atoms with van der Waals surface area (Å²) in [5.74, 6) is 0. The van der Waals surface area contributed by atoms with Crippen molar-refractivity contribution in [2.45, 2.75) is 13.0 Å². The number of pyridine rings is 1. The van der Waals surface area contributed by atoms with E-state index >= 15 is 0 Å². The lowest BCUT2D eigenvalue weighted by Crippen LogP contribution is -2.22. The molecule has 0 fully saturated rings. The summed E-state index contributed by atoms with van der Waals surface area (Å²) >= 11 is 3.44. The van der Waals surface area contributed by atoms with Crippen LogP contribution in [0, 0.1) is 0 Å². The first-order valence-corrected chi connectivity index (χ1v) is 7.91. The highest BCUT2D eigenvalue weighted by atomic mass is 79.9. The smallest absolute Gasteiger partial charge is 0.0751 e. The van der Waals surface area contributed by atoms with E-state index in [1.807, 2.05) is 12.3 Å². The summed E-state index contributed by atoms with van der Waals surface area (Å²) in [6, 6.07) is 19.2. The highest BCUT2D eigenvalue weighted by Gasteiger charge is 2.14. The molecule has 0 aliphatic rings. The number of benzene rings is 2. The normalized spacial score (nSPS) is 12.5. The number of halogens is 1. The van der Waals surface area contributed by atoms with Gasteiger partial charge in [-0.1, -0.05) is 43.3 Å². The Hall–Kier alpha value is -1.71. The monoisotopic (exact) mass is 340 g/mol. The van der Waals surface area contributed by atoms with Crippen LogP contribution >= 0.6 is 15.9 Å². The molecule has 1 heterocycles. The summed E-state index contributed by atoms with van der Waals surface area (Å²) in [4.78, 5) is 4.54. The van der Waals surface area contributed by atoms with Gasteiger partial charge in [0.25, 0.3) is 0 Å². The van der Waals surface area contributed by atoms with Crippen LogP contribution in [0.1, 0.15) is 24.2 Å². The molecule has 0 saturated carbocycles. The Bertz CT molecular complexity index is 738. The second-order valence-electron chi connectivity index (χ2n) is 5.00. The third kappa shape index (κ3) is 3.14. The summed E-state index contributed by atoms with van der Waals surface area (Å²) in [7, 11) is 0. The van der Waals surface area contributed by atoms with Gasteiger partial charge in [0.2, 0.25) is 0 Å². The minimum absolute atomic E-state index is 0.118. The Kier molecular flexibility index (Phi) is 4.32. The first kappa shape index (κ1) is 14.2. The van der Waals surface area contributed by atoms with Crippen LogP contribution in [0.4, 0.5) is 0 Å². The molecule has 106 valence electrons. The van der Waals surface area contributed by atoms with E-state index in [9.17, 15) is 0 Å². The molecule has 2 aromatic carbocycles. The molecular formula is C18H17BrN2. The number of aromatic nitrogens is 1. The van der Waals surface area contributed by atoms with E-state index in [1.54, 1.807) is 0 Å². The predicted octanol–water partition coefficient (Wildman–Crippen LogP) is 4.70. The molecule has 1 atom stereocenters. The highest BCUT2D eigenvalue weighted by molar-refractivity contribution is 9.10. The van der Waals surface area contributed by atoms with Gasteiger partial charge in [-0.15, -0.1) is 0 Å². The van der Waals surface area contributed by atoms with Gasteiger partial charge in [0.1, 0.15) is 0 Å². The molecule has 1 aromatic heterocycles. The molecular weight excluding hydrogens is 324 g/mol. The van der Waals surface area contributed by atoms with E-state index in [2.05, 4.69) is 81.7 Å². The van der Waals surface area contributed by atoms with Crippen molar-refractivity contribution >= 4 is 26.7 Å². The summed E-state index contributed by atoms with van der Waals surface area (Å²) in [6.45, 7) is 3.02. The fourth-order valence-electron chi connectivity index (χ4n) is 2.54. The van der Waals surface area contributed by atoms with E-state index in [-0.39, 0.29) is 6.04 Å². The molecule has 0 amide bonds. The number of hydrogen-bond donors (Lipinski definition) is 1. The second-order valence-corrected chi connectivity index (χ2v) is 5.91. The standard InChI is InChI=1S/C18H17BrN2/c1-2-20-18(17-10-9-16(19)12-21-17)15-8-7-13-5-3-4-6-14(13)11-15/h3-12,18,20H,2H2,1H3. The van der Waals surface area contributed by atoms with Crippen molar-refractivity contribution < 1.29 is 0 Å². The van der Waals surface area contributed by atoms with Crippen molar-refractivity contribution in [2.24, 2.45) is 0 Å². The summed E-state index contributed by atoms with van der Waals surface area (Å²) < 4.78 is 1.00. The molecule has 0 radical (unpaired) electrons. The lowest BCUT2D eigenvalue weighted by molar-refractivity contribution is 0.616. The number of nitrogens with zero attached hydrogens (tertiary/aromatic N) is 1. The zero-order valence-corrected chi connectivity index (χ0v) is 13.5. The van der Waals surface area contributed by atoms with Crippen molar-refractivity contribution in [2.75, 3.05) is 6.54 Å². The zero-order valence-electron chi connectivity index (χ0n) is 11.9. The molecule has 3 heteroatoms. The van der Waals surface area contributed by atoms with Crippen molar-refractivity contribution in [1.82, 2.24) is 10.3 Å². The van der Waals surface area contributed by atoms with Gasteiger partial charge in [-0.3, -0.25) is 4.98 Å². The molecule has 2 nitrogen and oxygen atoms in total. The molecule has 0 aliphatic carbocycles. The lowest BCUT2D eigenvalue weighted by Gasteiger charge is -2.18. The Labute approximate surface area is 133 Å². The maximum Gasteiger partial charge on any atom is 0.0751 e. The first-order chi connectivity index (χ1) is 10.3. The molecule has 1 N–H and O–H groups in total. The van der Waals surface area contributed by atoms with Gasteiger partial charge < -0.3 is 5.32 Å². The van der Waals surface area contributed by atoms with E-state index in [0.29, 0.717) is 0 Å². The first-order valence-electron chi connectivity index (χ1n) is 7.11. The molecule has 3 aromatic rings. The van der Waals surface area contributed by atoms with Crippen LogP contribution in [-0.4, -0.2) is 11.5 Å². The molecule has 0 bridgehead atoms. The van der Waals surface area contributed by atoms with Crippen molar-refractivity contribution in [1.29, 1.82) is 0 Å². The minimum Gasteiger partial charge on any atom is -0.305 e. The summed E-state index contributed by atoms with van der Waals surface area (Å²) in [6.07, 6.45) is 1.85. The quantitative estimate of drug-likeness (QED) is 0.744. The molecule has 0 saturated heterocycles.